The molecule has 1 saturated heterocycles. The second-order valence-corrected chi connectivity index (χ2v) is 15.9. The Balaban J connectivity index is 1.38. The quantitative estimate of drug-likeness (QED) is 0.0988. The molecule has 5 aromatic rings. The molecule has 3 N–H and O–H groups in total. The van der Waals surface area contributed by atoms with Gasteiger partial charge in [0.15, 0.2) is 5.82 Å². The van der Waals surface area contributed by atoms with E-state index in [2.05, 4.69) is 25.6 Å². The zero-order valence-electron chi connectivity index (χ0n) is 31.7. The summed E-state index contributed by atoms with van der Waals surface area (Å²) in [5.41, 5.74) is -0.414. The molecule has 1 amide bonds. The molecule has 300 valence electrons. The number of likely N-dealkylation sites (tertiary alicyclic amines) is 1. The lowest BCUT2D eigenvalue weighted by Crippen LogP contribution is -2.61. The fraction of sp³-hybridized carbons (Fsp3) is 0.308. The second kappa shape index (κ2) is 16.2. The third-order valence-corrected chi connectivity index (χ3v) is 10.5. The molecule has 14 nitrogen and oxygen atoms in total. The van der Waals surface area contributed by atoms with Crippen molar-refractivity contribution in [3.8, 4) is 34.0 Å². The molecule has 6 rings (SSSR count). The molecule has 1 aliphatic rings. The number of nitrogens with one attached hydrogen (secondary N) is 3. The van der Waals surface area contributed by atoms with Gasteiger partial charge in [-0.3, -0.25) is 5.41 Å². The summed E-state index contributed by atoms with van der Waals surface area (Å²) in [5.74, 6) is 0.922. The van der Waals surface area contributed by atoms with Gasteiger partial charge in [0.25, 0.3) is 0 Å². The number of rotatable bonds is 12. The Morgan fingerprint density at radius 3 is 2.04 bits per heavy atom. The minimum absolute atomic E-state index is 0.0188. The van der Waals surface area contributed by atoms with Crippen molar-refractivity contribution in [3.63, 3.8) is 0 Å². The maximum atomic E-state index is 14.9. The van der Waals surface area contributed by atoms with E-state index in [-0.39, 0.29) is 41.9 Å². The van der Waals surface area contributed by atoms with Crippen LogP contribution in [-0.2, 0) is 34.0 Å². The molecular formula is C39H41F3N8O6S. The van der Waals surface area contributed by atoms with Crippen molar-refractivity contribution < 1.29 is 40.6 Å². The lowest BCUT2D eigenvalue weighted by molar-refractivity contribution is -0.139. The van der Waals surface area contributed by atoms with Crippen LogP contribution >= 0.6 is 0 Å². The highest BCUT2D eigenvalue weighted by molar-refractivity contribution is 7.89. The van der Waals surface area contributed by atoms with E-state index in [1.54, 1.807) is 93.6 Å². The van der Waals surface area contributed by atoms with Gasteiger partial charge in [0.05, 0.1) is 32.4 Å². The average molecular weight is 807 g/mol. The predicted octanol–water partition coefficient (Wildman–Crippen LogP) is 6.10. The fourth-order valence-electron chi connectivity index (χ4n) is 6.08. The van der Waals surface area contributed by atoms with Crippen LogP contribution in [0.1, 0.15) is 43.0 Å². The molecule has 18 heteroatoms. The van der Waals surface area contributed by atoms with Gasteiger partial charge >= 0.3 is 12.3 Å². The van der Waals surface area contributed by atoms with Crippen LogP contribution in [0.25, 0.3) is 22.5 Å². The Morgan fingerprint density at radius 2 is 1.47 bits per heavy atom. The number of halogens is 3. The molecule has 0 atom stereocenters. The number of amides is 1. The summed E-state index contributed by atoms with van der Waals surface area (Å²) in [4.78, 5) is 12.8. The number of carbonyl (C=O) groups excluding carboxylic acids is 1. The van der Waals surface area contributed by atoms with Crippen molar-refractivity contribution in [2.75, 3.05) is 27.3 Å². The molecule has 1 aromatic heterocycles. The van der Waals surface area contributed by atoms with Crippen LogP contribution in [-0.4, -0.2) is 84.4 Å². The van der Waals surface area contributed by atoms with E-state index >= 15 is 0 Å². The number of nitrogens with zero attached hydrogens (tertiary/aromatic N) is 5. The third-order valence-electron chi connectivity index (χ3n) is 8.97. The van der Waals surface area contributed by atoms with Crippen LogP contribution in [0.3, 0.4) is 0 Å². The number of amidine groups is 1. The van der Waals surface area contributed by atoms with Crippen LogP contribution in [0.4, 0.5) is 18.0 Å². The molecule has 0 radical (unpaired) electrons. The highest BCUT2D eigenvalue weighted by atomic mass is 32.2. The van der Waals surface area contributed by atoms with Crippen LogP contribution in [0, 0.1) is 5.41 Å². The fourth-order valence-corrected chi connectivity index (χ4v) is 7.53. The minimum Gasteiger partial charge on any atom is -0.497 e. The summed E-state index contributed by atoms with van der Waals surface area (Å²) in [5, 5.41) is 23.6. The van der Waals surface area contributed by atoms with Crippen LogP contribution < -0.4 is 19.5 Å². The number of methoxy groups -OCH3 is 2. The number of aromatic nitrogens is 4. The molecular weight excluding hydrogens is 766 g/mol. The first kappa shape index (κ1) is 40.6. The van der Waals surface area contributed by atoms with Gasteiger partial charge in [0.2, 0.25) is 10.0 Å². The van der Waals surface area contributed by atoms with Crippen molar-refractivity contribution in [3.05, 3.63) is 107 Å². The zero-order valence-corrected chi connectivity index (χ0v) is 32.5. The SMILES string of the molecule is COc1ccc(CNS(=O)(=O)c2c(C(F)(F)F)ccc(-c3ccc(C(=N)NC4CN(C(=O)OC(C)(C)C)C4)cc3)c2-c2nnnn2Cc2ccc(OC)cc2)cc1. The van der Waals surface area contributed by atoms with Gasteiger partial charge < -0.3 is 24.4 Å². The second-order valence-electron chi connectivity index (χ2n) is 14.2. The average Bonchev–Trinajstić information content (AvgIpc) is 3.61. The van der Waals surface area contributed by atoms with Gasteiger partial charge in [-0.15, -0.1) is 5.10 Å². The van der Waals surface area contributed by atoms with Crippen molar-refractivity contribution in [1.29, 1.82) is 5.41 Å². The van der Waals surface area contributed by atoms with Gasteiger partial charge in [-0.1, -0.05) is 54.6 Å². The summed E-state index contributed by atoms with van der Waals surface area (Å²) in [6, 6.07) is 21.3. The van der Waals surface area contributed by atoms with Crippen molar-refractivity contribution >= 4 is 22.0 Å². The number of benzene rings is 4. The monoisotopic (exact) mass is 806 g/mol. The molecule has 0 spiro atoms. The number of carbonyl (C=O) groups is 1. The summed E-state index contributed by atoms with van der Waals surface area (Å²) < 4.78 is 92.5. The first-order valence-electron chi connectivity index (χ1n) is 17.7. The normalized spacial score (nSPS) is 13.5. The van der Waals surface area contributed by atoms with E-state index in [9.17, 15) is 26.4 Å². The summed E-state index contributed by atoms with van der Waals surface area (Å²) >= 11 is 0. The molecule has 2 heterocycles. The van der Waals surface area contributed by atoms with Gasteiger partial charge in [-0.25, -0.2) is 22.6 Å². The third kappa shape index (κ3) is 9.52. The van der Waals surface area contributed by atoms with E-state index in [0.29, 0.717) is 46.8 Å². The first-order valence-corrected chi connectivity index (χ1v) is 19.1. The van der Waals surface area contributed by atoms with Gasteiger partial charge in [-0.2, -0.15) is 13.2 Å². The number of ether oxygens (including phenoxy) is 3. The van der Waals surface area contributed by atoms with Crippen molar-refractivity contribution in [2.24, 2.45) is 0 Å². The molecule has 1 aliphatic heterocycles. The lowest BCUT2D eigenvalue weighted by atomic mass is 9.95. The first-order chi connectivity index (χ1) is 27.0. The van der Waals surface area contributed by atoms with Crippen LogP contribution in [0.2, 0.25) is 0 Å². The predicted molar refractivity (Wildman–Crippen MR) is 204 cm³/mol. The zero-order chi connectivity index (χ0) is 41.1. The summed E-state index contributed by atoms with van der Waals surface area (Å²) in [7, 11) is -1.95. The largest absolute Gasteiger partial charge is 0.497 e. The number of sulfonamides is 1. The number of hydrogen-bond donors (Lipinski definition) is 3. The standard InChI is InChI=1S/C39H41F3N8O6S/c1-38(2,3)56-37(51)49-22-28(23-49)45-35(43)27-12-10-26(11-13-27)31-18-19-32(39(40,41)42)34(57(52,53)44-20-24-6-14-29(54-4)15-7-24)33(31)36-46-47-48-50(36)21-25-8-16-30(55-5)17-9-25/h6-19,28,44H,20-23H2,1-5H3,(H2,43,45). The van der Waals surface area contributed by atoms with Gasteiger partial charge in [0, 0.05) is 30.8 Å². The molecule has 0 saturated carbocycles. The Hall–Kier alpha value is -6.01. The number of tetrazole rings is 1. The Kier molecular flexibility index (Phi) is 11.6. The van der Waals surface area contributed by atoms with Crippen molar-refractivity contribution in [2.45, 2.75) is 56.6 Å². The molecule has 4 aromatic carbocycles. The topological polar surface area (TPSA) is 174 Å². The molecule has 0 aliphatic carbocycles. The van der Waals surface area contributed by atoms with Gasteiger partial charge in [-0.05, 0) is 83.8 Å². The molecule has 1 fully saturated rings. The van der Waals surface area contributed by atoms with E-state index in [1.807, 2.05) is 0 Å². The highest BCUT2D eigenvalue weighted by Gasteiger charge is 2.41. The van der Waals surface area contributed by atoms with E-state index < -0.39 is 38.4 Å². The molecule has 0 bridgehead atoms. The Morgan fingerprint density at radius 1 is 0.877 bits per heavy atom. The Bertz CT molecular complexity index is 2340. The molecule has 57 heavy (non-hydrogen) atoms. The maximum absolute atomic E-state index is 14.9. The smallest absolute Gasteiger partial charge is 0.417 e. The van der Waals surface area contributed by atoms with E-state index in [4.69, 9.17) is 19.6 Å². The van der Waals surface area contributed by atoms with E-state index in [1.165, 1.54) is 29.9 Å². The van der Waals surface area contributed by atoms with Gasteiger partial charge in [0.1, 0.15) is 27.8 Å². The maximum Gasteiger partial charge on any atom is 0.417 e. The highest BCUT2D eigenvalue weighted by Crippen LogP contribution is 2.44. The molecule has 0 unspecified atom stereocenters. The lowest BCUT2D eigenvalue weighted by Gasteiger charge is -2.40. The number of hydrogen-bond acceptors (Lipinski definition) is 10. The Labute approximate surface area is 327 Å². The van der Waals surface area contributed by atoms with Crippen LogP contribution in [0.15, 0.2) is 89.8 Å². The van der Waals surface area contributed by atoms with Crippen LogP contribution in [0.5, 0.6) is 11.5 Å². The van der Waals surface area contributed by atoms with E-state index in [0.717, 1.165) is 6.07 Å². The van der Waals surface area contributed by atoms with Crippen molar-refractivity contribution in [1.82, 2.24) is 35.1 Å². The summed E-state index contributed by atoms with van der Waals surface area (Å²) in [6.07, 6.45) is -5.55. The number of alkyl halides is 3. The minimum atomic E-state index is -5.10. The summed E-state index contributed by atoms with van der Waals surface area (Å²) in [6.45, 7) is 5.65.